The quantitative estimate of drug-likeness (QED) is 0.470. The second kappa shape index (κ2) is 8.76. The molecule has 1 aromatic carbocycles. The molecule has 6 heteroatoms. The van der Waals surface area contributed by atoms with Crippen LogP contribution in [0.3, 0.4) is 0 Å². The number of sulfonamides is 1. The van der Waals surface area contributed by atoms with Gasteiger partial charge in [-0.2, -0.15) is 4.31 Å². The standard InChI is InChI=1S/C27H40N2O2S2/c1-19-24(32)17-23(28(19)18-20-10-8-7-9-11-20)21-12-13-25(22(16-21)26(2,3)4)33(30,31)29-15-14-27(29,5)6/h12-13,16-17,20,32H,7-11,14-15,18H2,1-6H3. The maximum Gasteiger partial charge on any atom is 0.243 e. The molecule has 1 saturated carbocycles. The van der Waals surface area contributed by atoms with E-state index in [1.165, 1.54) is 37.8 Å². The maximum absolute atomic E-state index is 13.6. The van der Waals surface area contributed by atoms with Crippen LogP contribution >= 0.6 is 12.6 Å². The first-order valence-electron chi connectivity index (χ1n) is 12.4. The van der Waals surface area contributed by atoms with E-state index in [-0.39, 0.29) is 11.0 Å². The maximum atomic E-state index is 13.6. The van der Waals surface area contributed by atoms with Crippen LogP contribution in [0.2, 0.25) is 0 Å². The molecule has 0 bridgehead atoms. The molecule has 1 aromatic heterocycles. The summed E-state index contributed by atoms with van der Waals surface area (Å²) in [5, 5.41) is 0. The summed E-state index contributed by atoms with van der Waals surface area (Å²) in [6.45, 7) is 14.1. The van der Waals surface area contributed by atoms with Crippen molar-refractivity contribution in [3.8, 4) is 11.3 Å². The number of hydrogen-bond acceptors (Lipinski definition) is 3. The first-order valence-corrected chi connectivity index (χ1v) is 14.3. The molecule has 2 fully saturated rings. The van der Waals surface area contributed by atoms with E-state index in [0.717, 1.165) is 34.7 Å². The van der Waals surface area contributed by atoms with Crippen LogP contribution < -0.4 is 0 Å². The Morgan fingerprint density at radius 3 is 2.30 bits per heavy atom. The van der Waals surface area contributed by atoms with Gasteiger partial charge in [0.25, 0.3) is 0 Å². The Balaban J connectivity index is 1.79. The van der Waals surface area contributed by atoms with Crippen LogP contribution in [0.15, 0.2) is 34.1 Å². The molecule has 0 N–H and O–H groups in total. The van der Waals surface area contributed by atoms with Crippen LogP contribution in [0.25, 0.3) is 11.3 Å². The Morgan fingerprint density at radius 2 is 1.76 bits per heavy atom. The van der Waals surface area contributed by atoms with Crippen LogP contribution in [-0.2, 0) is 22.0 Å². The molecule has 1 aliphatic carbocycles. The van der Waals surface area contributed by atoms with Gasteiger partial charge in [-0.25, -0.2) is 8.42 Å². The molecule has 2 aromatic rings. The third-order valence-corrected chi connectivity index (χ3v) is 10.4. The van der Waals surface area contributed by atoms with Crippen molar-refractivity contribution in [3.63, 3.8) is 0 Å². The Labute approximate surface area is 206 Å². The zero-order valence-electron chi connectivity index (χ0n) is 21.1. The van der Waals surface area contributed by atoms with Crippen molar-refractivity contribution in [2.75, 3.05) is 6.54 Å². The average molecular weight is 489 g/mol. The number of hydrogen-bond donors (Lipinski definition) is 1. The number of benzene rings is 1. The van der Waals surface area contributed by atoms with Crippen molar-refractivity contribution in [2.45, 2.75) is 107 Å². The van der Waals surface area contributed by atoms with Gasteiger partial charge in [0.1, 0.15) is 0 Å². The van der Waals surface area contributed by atoms with E-state index in [9.17, 15) is 8.42 Å². The van der Waals surface area contributed by atoms with Crippen molar-refractivity contribution in [3.05, 3.63) is 35.5 Å². The highest BCUT2D eigenvalue weighted by atomic mass is 32.2. The highest BCUT2D eigenvalue weighted by Gasteiger charge is 2.45. The van der Waals surface area contributed by atoms with E-state index in [1.807, 2.05) is 26.0 Å². The summed E-state index contributed by atoms with van der Waals surface area (Å²) in [5.41, 5.74) is 3.66. The molecule has 0 radical (unpaired) electrons. The Kier molecular flexibility index (Phi) is 6.60. The minimum atomic E-state index is -3.55. The van der Waals surface area contributed by atoms with Gasteiger partial charge in [-0.05, 0) is 80.7 Å². The van der Waals surface area contributed by atoms with Gasteiger partial charge in [-0.15, -0.1) is 12.6 Å². The number of thiol groups is 1. The van der Waals surface area contributed by atoms with Gasteiger partial charge >= 0.3 is 0 Å². The smallest absolute Gasteiger partial charge is 0.243 e. The molecule has 182 valence electrons. The van der Waals surface area contributed by atoms with Gasteiger partial charge in [-0.3, -0.25) is 0 Å². The summed E-state index contributed by atoms with van der Waals surface area (Å²) in [7, 11) is -3.55. The summed E-state index contributed by atoms with van der Waals surface area (Å²) in [6, 6.07) is 8.09. The zero-order valence-corrected chi connectivity index (χ0v) is 22.8. The van der Waals surface area contributed by atoms with Gasteiger partial charge in [0.2, 0.25) is 10.0 Å². The fraction of sp³-hybridized carbons (Fsp3) is 0.630. The average Bonchev–Trinajstić information content (AvgIpc) is 3.01. The molecule has 4 nitrogen and oxygen atoms in total. The Bertz CT molecular complexity index is 1130. The van der Waals surface area contributed by atoms with Crippen LogP contribution in [0.5, 0.6) is 0 Å². The number of aromatic nitrogens is 1. The molecule has 0 atom stereocenters. The first-order chi connectivity index (χ1) is 15.3. The normalized spacial score (nSPS) is 20.1. The highest BCUT2D eigenvalue weighted by molar-refractivity contribution is 7.89. The molecule has 0 unspecified atom stereocenters. The molecule has 1 saturated heterocycles. The summed E-state index contributed by atoms with van der Waals surface area (Å²) < 4.78 is 31.4. The summed E-state index contributed by atoms with van der Waals surface area (Å²) in [4.78, 5) is 1.44. The third kappa shape index (κ3) is 4.68. The molecule has 0 spiro atoms. The van der Waals surface area contributed by atoms with E-state index < -0.39 is 10.0 Å². The lowest BCUT2D eigenvalue weighted by atomic mass is 9.85. The monoisotopic (exact) mass is 488 g/mol. The van der Waals surface area contributed by atoms with E-state index in [0.29, 0.717) is 17.4 Å². The second-order valence-corrected chi connectivity index (χ2v) is 14.0. The fourth-order valence-corrected chi connectivity index (χ4v) is 7.89. The van der Waals surface area contributed by atoms with Crippen LogP contribution in [-0.4, -0.2) is 29.4 Å². The van der Waals surface area contributed by atoms with Crippen molar-refractivity contribution in [2.24, 2.45) is 5.92 Å². The largest absolute Gasteiger partial charge is 0.343 e. The summed E-state index contributed by atoms with van der Waals surface area (Å²) in [6.07, 6.45) is 7.46. The van der Waals surface area contributed by atoms with Gasteiger partial charge < -0.3 is 4.57 Å². The topological polar surface area (TPSA) is 42.3 Å². The van der Waals surface area contributed by atoms with Gasteiger partial charge in [0, 0.05) is 34.9 Å². The lowest BCUT2D eigenvalue weighted by Gasteiger charge is -2.47. The van der Waals surface area contributed by atoms with E-state index in [4.69, 9.17) is 12.6 Å². The van der Waals surface area contributed by atoms with E-state index in [1.54, 1.807) is 4.31 Å². The van der Waals surface area contributed by atoms with E-state index >= 15 is 0 Å². The molecule has 33 heavy (non-hydrogen) atoms. The van der Waals surface area contributed by atoms with Crippen LogP contribution in [0.4, 0.5) is 0 Å². The van der Waals surface area contributed by atoms with Gasteiger partial charge in [0.15, 0.2) is 0 Å². The lowest BCUT2D eigenvalue weighted by Crippen LogP contribution is -2.58. The van der Waals surface area contributed by atoms with Crippen molar-refractivity contribution < 1.29 is 8.42 Å². The van der Waals surface area contributed by atoms with Crippen molar-refractivity contribution in [1.29, 1.82) is 0 Å². The van der Waals surface area contributed by atoms with Crippen molar-refractivity contribution in [1.82, 2.24) is 8.87 Å². The summed E-state index contributed by atoms with van der Waals surface area (Å²) >= 11 is 4.75. The SMILES string of the molecule is Cc1c(S)cc(-c2ccc(S(=O)(=O)N3CCC3(C)C)c(C(C)(C)C)c2)n1CC1CCCCC1. The van der Waals surface area contributed by atoms with Gasteiger partial charge in [-0.1, -0.05) is 46.1 Å². The highest BCUT2D eigenvalue weighted by Crippen LogP contribution is 2.41. The minimum Gasteiger partial charge on any atom is -0.343 e. The molecule has 0 amide bonds. The lowest BCUT2D eigenvalue weighted by molar-refractivity contribution is 0.110. The molecular weight excluding hydrogens is 448 g/mol. The Hall–Kier alpha value is -1.24. The van der Waals surface area contributed by atoms with Crippen LogP contribution in [0, 0.1) is 12.8 Å². The zero-order chi connectivity index (χ0) is 24.2. The van der Waals surface area contributed by atoms with Crippen LogP contribution in [0.1, 0.15) is 84.4 Å². The number of rotatable bonds is 5. The second-order valence-electron chi connectivity index (χ2n) is 11.7. The van der Waals surface area contributed by atoms with E-state index in [2.05, 4.69) is 44.4 Å². The summed E-state index contributed by atoms with van der Waals surface area (Å²) in [5.74, 6) is 0.701. The third-order valence-electron chi connectivity index (χ3n) is 7.76. The van der Waals surface area contributed by atoms with Gasteiger partial charge in [0.05, 0.1) is 4.90 Å². The molecule has 1 aliphatic heterocycles. The predicted octanol–water partition coefficient (Wildman–Crippen LogP) is 6.80. The first kappa shape index (κ1) is 24.9. The Morgan fingerprint density at radius 1 is 1.09 bits per heavy atom. The van der Waals surface area contributed by atoms with Crippen molar-refractivity contribution >= 4 is 22.7 Å². The fourth-order valence-electron chi connectivity index (χ4n) is 5.45. The predicted molar refractivity (Wildman–Crippen MR) is 140 cm³/mol. The minimum absolute atomic E-state index is 0.299. The number of nitrogens with zero attached hydrogens (tertiary/aromatic N) is 2. The molecular formula is C27H40N2O2S2. The molecule has 4 rings (SSSR count). The molecule has 2 heterocycles. The molecule has 2 aliphatic rings.